The van der Waals surface area contributed by atoms with Crippen molar-refractivity contribution in [1.29, 1.82) is 5.41 Å². The molecule has 0 heterocycles. The van der Waals surface area contributed by atoms with E-state index in [1.165, 1.54) is 56.7 Å². The van der Waals surface area contributed by atoms with Crippen LogP contribution in [0.4, 0.5) is 0 Å². The van der Waals surface area contributed by atoms with E-state index in [-0.39, 0.29) is 17.6 Å². The first-order valence-electron chi connectivity index (χ1n) is 5.24. The average molecular weight is 239 g/mol. The van der Waals surface area contributed by atoms with Gasteiger partial charge in [-0.3, -0.25) is 5.41 Å². The number of halogens is 1. The quantitative estimate of drug-likeness (QED) is 0.384. The van der Waals surface area contributed by atoms with Crippen LogP contribution in [-0.2, 0) is 0 Å². The van der Waals surface area contributed by atoms with Crippen molar-refractivity contribution in [2.24, 2.45) is 5.73 Å². The van der Waals surface area contributed by atoms with Gasteiger partial charge in [-0.05, 0) is 6.42 Å². The van der Waals surface area contributed by atoms with Crippen LogP contribution in [0.5, 0.6) is 0 Å². The predicted octanol–water partition coefficient (Wildman–Crippen LogP) is 3.79. The van der Waals surface area contributed by atoms with E-state index in [1.807, 2.05) is 0 Å². The third kappa shape index (κ3) is 14.6. The van der Waals surface area contributed by atoms with E-state index in [9.17, 15) is 0 Å². The zero-order valence-electron chi connectivity index (χ0n) is 9.05. The summed E-state index contributed by atoms with van der Waals surface area (Å²) >= 11 is 1.46. The minimum Gasteiger partial charge on any atom is -0.379 e. The fraction of sp³-hybridized carbons (Fsp3) is 0.900. The highest BCUT2D eigenvalue weighted by molar-refractivity contribution is 8.13. The summed E-state index contributed by atoms with van der Waals surface area (Å²) in [4.78, 5) is 0. The highest BCUT2D eigenvalue weighted by Crippen LogP contribution is 2.09. The van der Waals surface area contributed by atoms with E-state index in [0.717, 1.165) is 5.75 Å². The second kappa shape index (κ2) is 13.1. The molecule has 0 saturated heterocycles. The molecule has 0 aliphatic rings. The third-order valence-electron chi connectivity index (χ3n) is 2.01. The maximum atomic E-state index is 7.01. The molecule has 86 valence electrons. The molecule has 0 atom stereocenters. The lowest BCUT2D eigenvalue weighted by molar-refractivity contribution is 0.604. The van der Waals surface area contributed by atoms with Crippen molar-refractivity contribution in [1.82, 2.24) is 0 Å². The molecule has 0 radical (unpaired) electrons. The van der Waals surface area contributed by atoms with Crippen LogP contribution in [0, 0.1) is 5.41 Å². The van der Waals surface area contributed by atoms with Gasteiger partial charge in [0.1, 0.15) is 0 Å². The van der Waals surface area contributed by atoms with Crippen molar-refractivity contribution in [3.05, 3.63) is 0 Å². The smallest absolute Gasteiger partial charge is 0.151 e. The van der Waals surface area contributed by atoms with Crippen LogP contribution in [-0.4, -0.2) is 10.9 Å². The minimum absolute atomic E-state index is 0. The number of hydrogen-bond donors (Lipinski definition) is 2. The molecule has 0 unspecified atom stereocenters. The molecule has 0 aliphatic carbocycles. The summed E-state index contributed by atoms with van der Waals surface area (Å²) in [6, 6.07) is 0. The molecule has 0 bridgehead atoms. The van der Waals surface area contributed by atoms with Crippen LogP contribution in [0.2, 0.25) is 0 Å². The topological polar surface area (TPSA) is 49.9 Å². The van der Waals surface area contributed by atoms with Crippen LogP contribution in [0.3, 0.4) is 0 Å². The van der Waals surface area contributed by atoms with Crippen molar-refractivity contribution in [2.75, 3.05) is 5.75 Å². The average Bonchev–Trinajstić information content (AvgIpc) is 2.09. The number of nitrogens with two attached hydrogens (primary N) is 1. The second-order valence-electron chi connectivity index (χ2n) is 3.33. The van der Waals surface area contributed by atoms with Gasteiger partial charge in [0, 0.05) is 5.75 Å². The van der Waals surface area contributed by atoms with E-state index < -0.39 is 0 Å². The van der Waals surface area contributed by atoms with Crippen molar-refractivity contribution in [2.45, 2.75) is 51.9 Å². The summed E-state index contributed by atoms with van der Waals surface area (Å²) in [5.41, 5.74) is 5.22. The summed E-state index contributed by atoms with van der Waals surface area (Å²) in [5.74, 6) is 1.02. The van der Waals surface area contributed by atoms with E-state index in [1.54, 1.807) is 0 Å². The minimum atomic E-state index is 0. The van der Waals surface area contributed by atoms with Gasteiger partial charge in [0.25, 0.3) is 0 Å². The Morgan fingerprint density at radius 3 is 2.07 bits per heavy atom. The Kier molecular flexibility index (Phi) is 15.5. The van der Waals surface area contributed by atoms with Gasteiger partial charge < -0.3 is 5.73 Å². The van der Waals surface area contributed by atoms with Gasteiger partial charge in [-0.25, -0.2) is 0 Å². The normalized spacial score (nSPS) is 9.50. The number of unbranched alkanes of at least 4 members (excludes halogenated alkanes) is 6. The van der Waals surface area contributed by atoms with Crippen LogP contribution < -0.4 is 5.73 Å². The molecular formula is C10H23ClN2S. The number of hydrogen-bond acceptors (Lipinski definition) is 2. The van der Waals surface area contributed by atoms with Crippen LogP contribution in [0.15, 0.2) is 0 Å². The summed E-state index contributed by atoms with van der Waals surface area (Å²) in [7, 11) is 0. The van der Waals surface area contributed by atoms with Gasteiger partial charge in [0.2, 0.25) is 0 Å². The Morgan fingerprint density at radius 1 is 1.07 bits per heavy atom. The second-order valence-corrected chi connectivity index (χ2v) is 4.47. The molecule has 4 heteroatoms. The predicted molar refractivity (Wildman–Crippen MR) is 69.6 cm³/mol. The van der Waals surface area contributed by atoms with Gasteiger partial charge in [-0.15, -0.1) is 12.4 Å². The van der Waals surface area contributed by atoms with Crippen LogP contribution in [0.1, 0.15) is 51.9 Å². The van der Waals surface area contributed by atoms with E-state index in [4.69, 9.17) is 11.1 Å². The van der Waals surface area contributed by atoms with E-state index in [2.05, 4.69) is 6.92 Å². The van der Waals surface area contributed by atoms with Gasteiger partial charge in [-0.1, -0.05) is 57.2 Å². The van der Waals surface area contributed by atoms with Crippen molar-refractivity contribution >= 4 is 29.3 Å². The zero-order valence-corrected chi connectivity index (χ0v) is 10.7. The Bertz CT molecular complexity index is 131. The number of nitrogens with one attached hydrogen (secondary N) is 1. The maximum absolute atomic E-state index is 7.01. The number of thioether (sulfide) groups is 1. The van der Waals surface area contributed by atoms with Crippen molar-refractivity contribution in [3.8, 4) is 0 Å². The molecule has 3 N–H and O–H groups in total. The monoisotopic (exact) mass is 238 g/mol. The molecule has 14 heavy (non-hydrogen) atoms. The molecule has 0 amide bonds. The lowest BCUT2D eigenvalue weighted by Crippen LogP contribution is -2.04. The Balaban J connectivity index is 0. The van der Waals surface area contributed by atoms with Crippen molar-refractivity contribution in [3.63, 3.8) is 0 Å². The SMILES string of the molecule is CCCCCCCCCSC(=N)N.Cl. The summed E-state index contributed by atoms with van der Waals surface area (Å²) in [6.07, 6.45) is 9.30. The lowest BCUT2D eigenvalue weighted by atomic mass is 10.1. The first-order chi connectivity index (χ1) is 6.27. The largest absolute Gasteiger partial charge is 0.379 e. The fourth-order valence-electron chi connectivity index (χ4n) is 1.24. The molecule has 0 aliphatic heterocycles. The molecule has 2 nitrogen and oxygen atoms in total. The molecule has 0 aromatic carbocycles. The highest BCUT2D eigenvalue weighted by atomic mass is 35.5. The molecule has 0 aromatic heterocycles. The molecule has 0 saturated carbocycles. The molecule has 0 aromatic rings. The Labute approximate surface area is 98.3 Å². The first kappa shape index (κ1) is 16.5. The number of amidine groups is 1. The molecule has 0 fully saturated rings. The standard InChI is InChI=1S/C10H22N2S.ClH/c1-2-3-4-5-6-7-8-9-13-10(11)12;/h2-9H2,1H3,(H3,11,12);1H. The highest BCUT2D eigenvalue weighted by Gasteiger charge is 1.92. The van der Waals surface area contributed by atoms with E-state index in [0.29, 0.717) is 0 Å². The maximum Gasteiger partial charge on any atom is 0.151 e. The third-order valence-corrected chi connectivity index (χ3v) is 2.81. The van der Waals surface area contributed by atoms with Crippen LogP contribution in [0.25, 0.3) is 0 Å². The van der Waals surface area contributed by atoms with E-state index >= 15 is 0 Å². The van der Waals surface area contributed by atoms with Gasteiger partial charge in [-0.2, -0.15) is 0 Å². The number of rotatable bonds is 8. The summed E-state index contributed by atoms with van der Waals surface area (Å²) in [5, 5.41) is 7.26. The Hall–Kier alpha value is 0.110. The molecule has 0 spiro atoms. The van der Waals surface area contributed by atoms with Crippen LogP contribution >= 0.6 is 24.2 Å². The van der Waals surface area contributed by atoms with Gasteiger partial charge in [0.15, 0.2) is 5.17 Å². The fourth-order valence-corrected chi connectivity index (χ4v) is 1.81. The molecular weight excluding hydrogens is 216 g/mol. The molecule has 0 rings (SSSR count). The summed E-state index contributed by atoms with van der Waals surface area (Å²) in [6.45, 7) is 2.24. The van der Waals surface area contributed by atoms with Gasteiger partial charge >= 0.3 is 0 Å². The zero-order chi connectivity index (χ0) is 9.94. The lowest BCUT2D eigenvalue weighted by Gasteiger charge is -2.00. The van der Waals surface area contributed by atoms with Gasteiger partial charge in [0.05, 0.1) is 0 Å². The Morgan fingerprint density at radius 2 is 1.57 bits per heavy atom. The summed E-state index contributed by atoms with van der Waals surface area (Å²) < 4.78 is 0. The van der Waals surface area contributed by atoms with Crippen molar-refractivity contribution < 1.29 is 0 Å². The first-order valence-corrected chi connectivity index (χ1v) is 6.22.